The number of nitrogens with one attached hydrogen (secondary N) is 1. The van der Waals surface area contributed by atoms with Gasteiger partial charge < -0.3 is 10.2 Å². The Hall–Kier alpha value is -2.96. The number of likely N-dealkylation sites (tertiary alicyclic amines) is 1. The van der Waals surface area contributed by atoms with Crippen LogP contribution in [-0.2, 0) is 25.7 Å². The molecule has 1 N–H and O–H groups in total. The van der Waals surface area contributed by atoms with E-state index in [9.17, 15) is 19.2 Å². The minimum absolute atomic E-state index is 0.00369. The Balaban J connectivity index is 1.75. The lowest BCUT2D eigenvalue weighted by Gasteiger charge is -2.31. The molecule has 1 fully saturated rings. The molecule has 0 bridgehead atoms. The standard InChI is InChI=1S/C24H31N3O4/c1-4-20(22(29)25-3)27(15-17-10-6-5-9-16(17)2)21(28)13-14-26-23(30)18-11-7-8-12-19(18)24(26)31/h5-10,18-20H,4,11-15H2,1-3H3,(H,25,29)/t18-,19+,20-/m0/s1. The molecule has 0 saturated carbocycles. The summed E-state index contributed by atoms with van der Waals surface area (Å²) in [6.45, 7) is 4.19. The molecule has 0 radical (unpaired) electrons. The van der Waals surface area contributed by atoms with Gasteiger partial charge in [-0.15, -0.1) is 0 Å². The van der Waals surface area contributed by atoms with Crippen LogP contribution in [0.2, 0.25) is 0 Å². The number of hydrogen-bond donors (Lipinski definition) is 1. The van der Waals surface area contributed by atoms with Crippen LogP contribution >= 0.6 is 0 Å². The summed E-state index contributed by atoms with van der Waals surface area (Å²) < 4.78 is 0. The third kappa shape index (κ3) is 4.70. The molecular weight excluding hydrogens is 394 g/mol. The normalized spacial score (nSPS) is 21.1. The number of carbonyl (C=O) groups is 4. The molecule has 1 aromatic carbocycles. The van der Waals surface area contributed by atoms with E-state index in [1.807, 2.05) is 50.3 Å². The zero-order chi connectivity index (χ0) is 22.5. The highest BCUT2D eigenvalue weighted by atomic mass is 16.2. The Labute approximate surface area is 183 Å². The van der Waals surface area contributed by atoms with Gasteiger partial charge in [0.1, 0.15) is 6.04 Å². The Morgan fingerprint density at radius 1 is 1.13 bits per heavy atom. The fourth-order valence-corrected chi connectivity index (χ4v) is 4.50. The maximum Gasteiger partial charge on any atom is 0.242 e. The Bertz CT molecular complexity index is 869. The van der Waals surface area contributed by atoms with Crippen molar-refractivity contribution >= 4 is 23.6 Å². The van der Waals surface area contributed by atoms with Crippen LogP contribution in [0.1, 0.15) is 43.7 Å². The molecule has 0 aromatic heterocycles. The first-order valence-electron chi connectivity index (χ1n) is 10.9. The molecule has 1 aliphatic carbocycles. The first-order valence-corrected chi connectivity index (χ1v) is 10.9. The van der Waals surface area contributed by atoms with E-state index in [0.29, 0.717) is 25.8 Å². The van der Waals surface area contributed by atoms with E-state index in [1.54, 1.807) is 11.9 Å². The fourth-order valence-electron chi connectivity index (χ4n) is 4.50. The molecule has 1 heterocycles. The van der Waals surface area contributed by atoms with E-state index < -0.39 is 6.04 Å². The second-order valence-corrected chi connectivity index (χ2v) is 8.22. The first-order chi connectivity index (χ1) is 14.9. The van der Waals surface area contributed by atoms with Gasteiger partial charge in [-0.3, -0.25) is 24.1 Å². The Morgan fingerprint density at radius 2 is 1.74 bits per heavy atom. The summed E-state index contributed by atoms with van der Waals surface area (Å²) in [5, 5.41) is 2.64. The van der Waals surface area contributed by atoms with Crippen LogP contribution in [0.3, 0.4) is 0 Å². The molecular formula is C24H31N3O4. The number of hydrogen-bond acceptors (Lipinski definition) is 4. The number of allylic oxidation sites excluding steroid dienone is 2. The molecule has 3 atom stereocenters. The van der Waals surface area contributed by atoms with Crippen LogP contribution < -0.4 is 5.32 Å². The van der Waals surface area contributed by atoms with Crippen LogP contribution in [0.15, 0.2) is 36.4 Å². The van der Waals surface area contributed by atoms with E-state index in [2.05, 4.69) is 5.32 Å². The van der Waals surface area contributed by atoms with Gasteiger partial charge in [0.25, 0.3) is 0 Å². The summed E-state index contributed by atoms with van der Waals surface area (Å²) in [6, 6.07) is 7.13. The Kier molecular flexibility index (Phi) is 7.25. The van der Waals surface area contributed by atoms with E-state index in [1.165, 1.54) is 4.90 Å². The van der Waals surface area contributed by atoms with Crippen molar-refractivity contribution < 1.29 is 19.2 Å². The number of amides is 4. The molecule has 7 heteroatoms. The van der Waals surface area contributed by atoms with Gasteiger partial charge in [0.05, 0.1) is 11.8 Å². The highest BCUT2D eigenvalue weighted by Crippen LogP contribution is 2.35. The summed E-state index contributed by atoms with van der Waals surface area (Å²) in [6.07, 6.45) is 5.51. The summed E-state index contributed by atoms with van der Waals surface area (Å²) >= 11 is 0. The number of fused-ring (bicyclic) bond motifs is 1. The zero-order valence-electron chi connectivity index (χ0n) is 18.5. The predicted molar refractivity (Wildman–Crippen MR) is 117 cm³/mol. The van der Waals surface area contributed by atoms with Gasteiger partial charge >= 0.3 is 0 Å². The number of imide groups is 1. The SMILES string of the molecule is CC[C@@H](C(=O)NC)N(Cc1ccccc1C)C(=O)CCN1C(=O)[C@H]2CC=CC[C@H]2C1=O. The lowest BCUT2D eigenvalue weighted by atomic mass is 9.85. The van der Waals surface area contributed by atoms with Crippen LogP contribution in [-0.4, -0.2) is 53.1 Å². The molecule has 7 nitrogen and oxygen atoms in total. The Morgan fingerprint density at radius 3 is 2.29 bits per heavy atom. The van der Waals surface area contributed by atoms with Gasteiger partial charge in [0.2, 0.25) is 23.6 Å². The number of aryl methyl sites for hydroxylation is 1. The summed E-state index contributed by atoms with van der Waals surface area (Å²) in [4.78, 5) is 53.9. The zero-order valence-corrected chi connectivity index (χ0v) is 18.5. The van der Waals surface area contributed by atoms with Crippen molar-refractivity contribution in [3.05, 3.63) is 47.5 Å². The number of nitrogens with zero attached hydrogens (tertiary/aromatic N) is 2. The van der Waals surface area contributed by atoms with Crippen molar-refractivity contribution in [3.8, 4) is 0 Å². The van der Waals surface area contributed by atoms with Gasteiger partial charge in [-0.25, -0.2) is 0 Å². The second-order valence-electron chi connectivity index (χ2n) is 8.22. The summed E-state index contributed by atoms with van der Waals surface area (Å²) in [5.74, 6) is -1.44. The van der Waals surface area contributed by atoms with Gasteiger partial charge in [-0.2, -0.15) is 0 Å². The molecule has 2 aliphatic rings. The van der Waals surface area contributed by atoms with E-state index >= 15 is 0 Å². The largest absolute Gasteiger partial charge is 0.357 e. The van der Waals surface area contributed by atoms with E-state index in [4.69, 9.17) is 0 Å². The third-order valence-electron chi connectivity index (χ3n) is 6.38. The topological polar surface area (TPSA) is 86.8 Å². The van der Waals surface area contributed by atoms with Crippen molar-refractivity contribution in [1.82, 2.24) is 15.1 Å². The molecule has 3 rings (SSSR count). The lowest BCUT2D eigenvalue weighted by Crippen LogP contribution is -2.49. The highest BCUT2D eigenvalue weighted by molar-refractivity contribution is 6.05. The van der Waals surface area contributed by atoms with Crippen molar-refractivity contribution in [2.24, 2.45) is 11.8 Å². The molecule has 31 heavy (non-hydrogen) atoms. The molecule has 1 saturated heterocycles. The quantitative estimate of drug-likeness (QED) is 0.511. The molecule has 0 unspecified atom stereocenters. The molecule has 166 valence electrons. The average molecular weight is 426 g/mol. The maximum atomic E-state index is 13.2. The third-order valence-corrected chi connectivity index (χ3v) is 6.38. The molecule has 0 spiro atoms. The van der Waals surface area contributed by atoms with Crippen LogP contribution in [0, 0.1) is 18.8 Å². The van der Waals surface area contributed by atoms with Crippen LogP contribution in [0.5, 0.6) is 0 Å². The lowest BCUT2D eigenvalue weighted by molar-refractivity contribution is -0.144. The number of benzene rings is 1. The van der Waals surface area contributed by atoms with Gasteiger partial charge in [-0.1, -0.05) is 43.3 Å². The highest BCUT2D eigenvalue weighted by Gasteiger charge is 2.47. The molecule has 1 aromatic rings. The molecule has 4 amide bonds. The number of likely N-dealkylation sites (N-methyl/N-ethyl adjacent to an activating group) is 1. The second kappa shape index (κ2) is 9.90. The smallest absolute Gasteiger partial charge is 0.242 e. The van der Waals surface area contributed by atoms with E-state index in [-0.39, 0.29) is 48.4 Å². The summed E-state index contributed by atoms with van der Waals surface area (Å²) in [5.41, 5.74) is 2.00. The maximum absolute atomic E-state index is 13.2. The summed E-state index contributed by atoms with van der Waals surface area (Å²) in [7, 11) is 1.55. The van der Waals surface area contributed by atoms with Crippen molar-refractivity contribution in [2.75, 3.05) is 13.6 Å². The minimum Gasteiger partial charge on any atom is -0.357 e. The van der Waals surface area contributed by atoms with Gasteiger partial charge in [0.15, 0.2) is 0 Å². The monoisotopic (exact) mass is 425 g/mol. The van der Waals surface area contributed by atoms with Gasteiger partial charge in [0, 0.05) is 26.6 Å². The van der Waals surface area contributed by atoms with Crippen LogP contribution in [0.25, 0.3) is 0 Å². The van der Waals surface area contributed by atoms with Crippen molar-refractivity contribution in [1.29, 1.82) is 0 Å². The molecule has 1 aliphatic heterocycles. The van der Waals surface area contributed by atoms with E-state index in [0.717, 1.165) is 11.1 Å². The minimum atomic E-state index is -0.617. The van der Waals surface area contributed by atoms with Crippen molar-refractivity contribution in [2.45, 2.75) is 52.1 Å². The average Bonchev–Trinajstić information content (AvgIpc) is 3.03. The fraction of sp³-hybridized carbons (Fsp3) is 0.500. The first kappa shape index (κ1) is 22.7. The van der Waals surface area contributed by atoms with Gasteiger partial charge in [-0.05, 0) is 37.3 Å². The van der Waals surface area contributed by atoms with Crippen LogP contribution in [0.4, 0.5) is 0 Å². The predicted octanol–water partition coefficient (Wildman–Crippen LogP) is 2.19. The number of rotatable bonds is 8. The number of carbonyl (C=O) groups excluding carboxylic acids is 4. The van der Waals surface area contributed by atoms with Crippen molar-refractivity contribution in [3.63, 3.8) is 0 Å².